The normalized spacial score (nSPS) is 13.9. The first-order chi connectivity index (χ1) is 60.2. The van der Waals surface area contributed by atoms with Gasteiger partial charge < -0.3 is 18.7 Å². The fourth-order valence-corrected chi connectivity index (χ4v) is 13.5. The fourth-order valence-electron chi connectivity index (χ4n) is 13.5. The number of rotatable bonds is 9. The molecule has 1 N–H and O–H groups in total. The van der Waals surface area contributed by atoms with Gasteiger partial charge >= 0.3 is 0 Å². The highest BCUT2D eigenvalue weighted by Crippen LogP contribution is 2.44. The average Bonchev–Trinajstić information content (AvgIpc) is 1.55. The first-order valence-corrected chi connectivity index (χ1v) is 32.8. The van der Waals surface area contributed by atoms with E-state index in [0.717, 1.165) is 61.4 Å². The molecular weight excluding hydrogens is 1290 g/mol. The van der Waals surface area contributed by atoms with Crippen LogP contribution < -0.4 is 0 Å². The number of aromatic amines is 1. The van der Waals surface area contributed by atoms with E-state index in [1.54, 1.807) is 24.3 Å². The Kier molecular flexibility index (Phi) is 11.3. The molecule has 0 fully saturated rings. The number of nitrogens with one attached hydrogen (secondary N) is 1. The van der Waals surface area contributed by atoms with Crippen LogP contribution in [0.2, 0.25) is 0 Å². The molecule has 0 aliphatic rings. The predicted molar refractivity (Wildman–Crippen MR) is 420 cm³/mol. The van der Waals surface area contributed by atoms with E-state index in [1.165, 1.54) is 55.4 Å². The van der Waals surface area contributed by atoms with Crippen LogP contribution in [0.15, 0.2) is 339 Å². The number of hydrogen-bond donors (Lipinski definition) is 1. The second-order valence-corrected chi connectivity index (χ2v) is 23.9. The number of nitrogens with zero attached hydrogens (tertiary/aromatic N) is 11. The Morgan fingerprint density at radius 3 is 1.18 bits per heavy atom. The molecule has 0 saturated carbocycles. The summed E-state index contributed by atoms with van der Waals surface area (Å²) in [5.74, 6) is -2.90. The molecule has 0 spiro atoms. The third kappa shape index (κ3) is 11.3. The molecule has 0 aliphatic carbocycles. The molecule has 0 amide bonds. The van der Waals surface area contributed by atoms with Gasteiger partial charge in [0, 0.05) is 93.4 Å². The van der Waals surface area contributed by atoms with Crippen molar-refractivity contribution in [3.63, 3.8) is 0 Å². The average molecular weight is 1370 g/mol. The van der Waals surface area contributed by atoms with E-state index >= 15 is 0 Å². The Morgan fingerprint density at radius 2 is 0.695 bits per heavy atom. The van der Waals surface area contributed by atoms with Gasteiger partial charge in [-0.3, -0.25) is 0 Å². The summed E-state index contributed by atoms with van der Waals surface area (Å²) in [4.78, 5) is 29.7. The predicted octanol–water partition coefficient (Wildman–Crippen LogP) is 22.2. The number of aromatic nitrogens is 10. The van der Waals surface area contributed by atoms with Crippen molar-refractivity contribution in [2.75, 3.05) is 0 Å². The summed E-state index contributed by atoms with van der Waals surface area (Å²) in [6, 6.07) is 62.2. The van der Waals surface area contributed by atoms with Crippen LogP contribution in [-0.2, 0) is 0 Å². The van der Waals surface area contributed by atoms with E-state index in [1.807, 2.05) is 54.6 Å². The van der Waals surface area contributed by atoms with Crippen LogP contribution in [0.4, 0.5) is 4.39 Å². The second kappa shape index (κ2) is 26.7. The van der Waals surface area contributed by atoms with E-state index in [0.29, 0.717) is 5.69 Å². The molecule has 12 nitrogen and oxygen atoms in total. The molecule has 6 heterocycles. The van der Waals surface area contributed by atoms with Crippen molar-refractivity contribution in [3.05, 3.63) is 356 Å². The van der Waals surface area contributed by atoms with Gasteiger partial charge in [-0.1, -0.05) is 242 Å². The lowest BCUT2D eigenvalue weighted by Crippen LogP contribution is -2.02. The van der Waals surface area contributed by atoms with Crippen molar-refractivity contribution >= 4 is 87.2 Å². The lowest BCUT2D eigenvalue weighted by molar-refractivity contribution is 0.624. The van der Waals surface area contributed by atoms with Gasteiger partial charge in [-0.25, -0.2) is 34.3 Å². The third-order valence-electron chi connectivity index (χ3n) is 17.9. The molecule has 6 aromatic heterocycles. The summed E-state index contributed by atoms with van der Waals surface area (Å²) in [7, 11) is 0. The van der Waals surface area contributed by atoms with Gasteiger partial charge in [0.25, 0.3) is 0 Å². The SMILES string of the molecule is [2H]c1c([2H])c([2H])c(-c2nc(-c3ccc(-n4c5ccccc5c5ccc6c(c7ccccc7n6-c6ccccc6)c54)c(C#N)c3)nc(-c3c([2H])c([2H])c([2H])c([2H])c3[2H])n2)c([2H])c1[2H].[2H]c1c([2H])c([2H])c(-c2nc(-c3ccc(F)c(C#N)c3)nc(-c3c([2H])c([2H])c([2H])c([2H])c3[2H])n2)c([2H])c1[2H].c1ccc(-n2c3ccccc3c3c4[nH]c5ccccc5c4ccc32)cc1. The molecule has 20 aromatic rings. The van der Waals surface area contributed by atoms with Crippen LogP contribution in [0.3, 0.4) is 0 Å². The van der Waals surface area contributed by atoms with E-state index < -0.39 is 161 Å². The lowest BCUT2D eigenvalue weighted by Gasteiger charge is -2.13. The number of halogens is 1. The highest BCUT2D eigenvalue weighted by molar-refractivity contribution is 6.27. The topological polar surface area (TPSA) is 156 Å². The van der Waals surface area contributed by atoms with Gasteiger partial charge in [0.1, 0.15) is 18.0 Å². The standard InChI is InChI=1S/C46H28N6.C24H16N2.C22H13FN4/c47-29-33-28-32(46-49-44(30-14-4-1-5-15-30)48-45(50-46)31-16-6-2-7-17-31)24-26-38(33)52-39-22-12-10-20-35(39)36-25-27-41-42(43(36)52)37-21-11-13-23-40(37)51(41)34-18-8-3-9-19-34;1-2-8-16(9-3-1)26-21-13-7-5-11-19(21)23-22(26)15-14-18-17-10-4-6-12-20(17)25-24(18)23;23-19-12-11-17(13-18(19)14-24)22-26-20(15-7-3-1-4-8-15)25-21(27-22)16-9-5-2-6-10-16/h1-28H;1-15,25H;1-13H/i1D,2D,4D,5D,6D,7D,14D,15D,16D,17D;;1D,2D,3D,4D,5D,6D,7D,8D,9D,10D. The Morgan fingerprint density at radius 1 is 0.314 bits per heavy atom. The number of para-hydroxylation sites is 6. The Labute approximate surface area is 629 Å². The smallest absolute Gasteiger partial charge is 0.164 e. The van der Waals surface area contributed by atoms with Crippen molar-refractivity contribution in [1.82, 2.24) is 48.6 Å². The molecule has 20 rings (SSSR count). The van der Waals surface area contributed by atoms with Crippen molar-refractivity contribution in [2.45, 2.75) is 0 Å². The van der Waals surface area contributed by atoms with Crippen LogP contribution in [0, 0.1) is 28.5 Å². The van der Waals surface area contributed by atoms with Gasteiger partial charge in [-0.05, 0) is 97.1 Å². The van der Waals surface area contributed by atoms with Crippen molar-refractivity contribution in [2.24, 2.45) is 0 Å². The van der Waals surface area contributed by atoms with Gasteiger partial charge in [0.05, 0.1) is 82.8 Å². The summed E-state index contributed by atoms with van der Waals surface area (Å²) >= 11 is 0. The van der Waals surface area contributed by atoms with Crippen LogP contribution in [0.25, 0.3) is 173 Å². The van der Waals surface area contributed by atoms with E-state index in [9.17, 15) is 14.9 Å². The molecular formula is C92H57FN12. The summed E-state index contributed by atoms with van der Waals surface area (Å²) in [5, 5.41) is 29.2. The summed E-state index contributed by atoms with van der Waals surface area (Å²) < 4.78 is 185. The molecule has 492 valence electrons. The van der Waals surface area contributed by atoms with E-state index in [2.05, 4.69) is 182 Å². The fraction of sp³-hybridized carbons (Fsp3) is 0. The van der Waals surface area contributed by atoms with Gasteiger partial charge in [0.15, 0.2) is 34.9 Å². The molecule has 0 unspecified atom stereocenters. The quantitative estimate of drug-likeness (QED) is 0.150. The Bertz CT molecular complexity index is 7830. The number of hydrogen-bond acceptors (Lipinski definition) is 8. The first kappa shape index (κ1) is 44.4. The van der Waals surface area contributed by atoms with Crippen molar-refractivity contribution in [3.8, 4) is 97.5 Å². The molecule has 0 bridgehead atoms. The van der Waals surface area contributed by atoms with Gasteiger partial charge in [-0.15, -0.1) is 0 Å². The van der Waals surface area contributed by atoms with Crippen molar-refractivity contribution in [1.29, 1.82) is 10.5 Å². The maximum absolute atomic E-state index is 13.9. The number of fused-ring (bicyclic) bond motifs is 14. The monoisotopic (exact) mass is 1370 g/mol. The number of benzene rings is 14. The highest BCUT2D eigenvalue weighted by atomic mass is 19.1. The van der Waals surface area contributed by atoms with E-state index in [-0.39, 0.29) is 45.0 Å². The zero-order chi connectivity index (χ0) is 87.7. The van der Waals surface area contributed by atoms with Crippen LogP contribution >= 0.6 is 0 Å². The maximum Gasteiger partial charge on any atom is 0.164 e. The molecule has 0 saturated heterocycles. The van der Waals surface area contributed by atoms with Gasteiger partial charge in [-0.2, -0.15) is 10.5 Å². The minimum absolute atomic E-state index is 0.0718. The second-order valence-electron chi connectivity index (χ2n) is 23.9. The maximum atomic E-state index is 13.9. The van der Waals surface area contributed by atoms with Gasteiger partial charge in [0.2, 0.25) is 0 Å². The van der Waals surface area contributed by atoms with Crippen molar-refractivity contribution < 1.29 is 31.8 Å². The Balaban J connectivity index is 0.000000142. The molecule has 14 aromatic carbocycles. The number of nitriles is 2. The minimum atomic E-state index is -0.822. The van der Waals surface area contributed by atoms with E-state index in [4.69, 9.17) is 27.4 Å². The highest BCUT2D eigenvalue weighted by Gasteiger charge is 2.24. The first-order valence-electron chi connectivity index (χ1n) is 42.8. The zero-order valence-corrected chi connectivity index (χ0v) is 54.6. The minimum Gasteiger partial charge on any atom is -0.354 e. The molecule has 0 aliphatic heterocycles. The van der Waals surface area contributed by atoms with Crippen LogP contribution in [-0.4, -0.2) is 48.6 Å². The third-order valence-corrected chi connectivity index (χ3v) is 17.9. The zero-order valence-electron chi connectivity index (χ0n) is 74.6. The molecule has 0 atom stereocenters. The van der Waals surface area contributed by atoms with Crippen LogP contribution in [0.5, 0.6) is 0 Å². The summed E-state index contributed by atoms with van der Waals surface area (Å²) in [6.45, 7) is 0. The molecule has 105 heavy (non-hydrogen) atoms. The lowest BCUT2D eigenvalue weighted by atomic mass is 10.1. The number of H-pyrrole nitrogens is 1. The van der Waals surface area contributed by atoms with Crippen LogP contribution in [0.1, 0.15) is 38.5 Å². The Hall–Kier alpha value is -14.8. The summed E-state index contributed by atoms with van der Waals surface area (Å²) in [5.41, 5.74) is 9.87. The summed E-state index contributed by atoms with van der Waals surface area (Å²) in [6.07, 6.45) is 0. The molecule has 13 heteroatoms. The largest absolute Gasteiger partial charge is 0.354 e. The molecule has 0 radical (unpaired) electrons.